The summed E-state index contributed by atoms with van der Waals surface area (Å²) in [6.07, 6.45) is 9.72. The number of nitrogens with zero attached hydrogens (tertiary/aromatic N) is 1. The van der Waals surface area contributed by atoms with Crippen molar-refractivity contribution < 1.29 is 0 Å². The van der Waals surface area contributed by atoms with Crippen LogP contribution in [0.1, 0.15) is 51.9 Å². The number of hydrogen-bond acceptors (Lipinski definition) is 2. The molecule has 2 heteroatoms. The molecule has 2 nitrogen and oxygen atoms in total. The Bertz CT molecular complexity index is 414. The minimum Gasteiger partial charge on any atom is -0.371 e. The van der Waals surface area contributed by atoms with Crippen molar-refractivity contribution in [2.24, 2.45) is 5.41 Å². The highest BCUT2D eigenvalue weighted by atomic mass is 15.1. The van der Waals surface area contributed by atoms with E-state index >= 15 is 0 Å². The van der Waals surface area contributed by atoms with Crippen LogP contribution in [0.15, 0.2) is 30.3 Å². The van der Waals surface area contributed by atoms with Crippen molar-refractivity contribution in [3.63, 3.8) is 0 Å². The van der Waals surface area contributed by atoms with Crippen LogP contribution in [-0.4, -0.2) is 25.7 Å². The first-order valence-corrected chi connectivity index (χ1v) is 8.79. The fraction of sp³-hybridized carbons (Fsp3) is 0.684. The molecule has 1 saturated carbocycles. The van der Waals surface area contributed by atoms with Crippen molar-refractivity contribution in [1.29, 1.82) is 0 Å². The predicted molar refractivity (Wildman–Crippen MR) is 90.9 cm³/mol. The first-order valence-electron chi connectivity index (χ1n) is 8.79. The lowest BCUT2D eigenvalue weighted by Gasteiger charge is -2.38. The molecule has 1 aliphatic heterocycles. The molecular weight excluding hydrogens is 256 g/mol. The fourth-order valence-electron chi connectivity index (χ4n) is 3.95. The Labute approximate surface area is 129 Å². The third kappa shape index (κ3) is 4.00. The lowest BCUT2D eigenvalue weighted by molar-refractivity contribution is 0.195. The Morgan fingerprint density at radius 1 is 1.05 bits per heavy atom. The van der Waals surface area contributed by atoms with Gasteiger partial charge in [0.2, 0.25) is 0 Å². The summed E-state index contributed by atoms with van der Waals surface area (Å²) in [7, 11) is 0. The third-order valence-electron chi connectivity index (χ3n) is 5.49. The first kappa shape index (κ1) is 14.9. The Hall–Kier alpha value is -1.02. The van der Waals surface area contributed by atoms with Crippen LogP contribution in [-0.2, 0) is 0 Å². The monoisotopic (exact) mass is 286 g/mol. The zero-order valence-corrected chi connectivity index (χ0v) is 13.5. The molecule has 3 rings (SSSR count). The molecule has 1 aromatic carbocycles. The number of anilines is 1. The zero-order chi connectivity index (χ0) is 14.5. The third-order valence-corrected chi connectivity index (χ3v) is 5.49. The SMILES string of the molecule is CC1(CNC2CCN(c3ccccc3)CC2)CCCCC1. The minimum atomic E-state index is 0.564. The summed E-state index contributed by atoms with van der Waals surface area (Å²) in [5.74, 6) is 0. The molecule has 116 valence electrons. The molecule has 21 heavy (non-hydrogen) atoms. The van der Waals surface area contributed by atoms with E-state index in [-0.39, 0.29) is 0 Å². The average Bonchev–Trinajstić information content (AvgIpc) is 2.55. The summed E-state index contributed by atoms with van der Waals surface area (Å²) < 4.78 is 0. The number of benzene rings is 1. The van der Waals surface area contributed by atoms with Crippen LogP contribution in [0, 0.1) is 5.41 Å². The Balaban J connectivity index is 1.43. The Morgan fingerprint density at radius 3 is 2.38 bits per heavy atom. The van der Waals surface area contributed by atoms with Gasteiger partial charge in [0.15, 0.2) is 0 Å². The van der Waals surface area contributed by atoms with Crippen molar-refractivity contribution in [2.75, 3.05) is 24.5 Å². The van der Waals surface area contributed by atoms with E-state index in [9.17, 15) is 0 Å². The van der Waals surface area contributed by atoms with E-state index in [2.05, 4.69) is 47.5 Å². The molecule has 1 N–H and O–H groups in total. The highest BCUT2D eigenvalue weighted by Crippen LogP contribution is 2.35. The molecule has 0 aromatic heterocycles. The summed E-state index contributed by atoms with van der Waals surface area (Å²) in [6, 6.07) is 11.6. The fourth-order valence-corrected chi connectivity index (χ4v) is 3.95. The molecule has 1 aromatic rings. The lowest BCUT2D eigenvalue weighted by Crippen LogP contribution is -2.46. The number of hydrogen-bond donors (Lipinski definition) is 1. The van der Waals surface area contributed by atoms with Crippen LogP contribution < -0.4 is 10.2 Å². The van der Waals surface area contributed by atoms with Crippen molar-refractivity contribution in [3.05, 3.63) is 30.3 Å². The van der Waals surface area contributed by atoms with Gasteiger partial charge < -0.3 is 10.2 Å². The highest BCUT2D eigenvalue weighted by molar-refractivity contribution is 5.46. The zero-order valence-electron chi connectivity index (χ0n) is 13.5. The van der Waals surface area contributed by atoms with Gasteiger partial charge in [-0.15, -0.1) is 0 Å². The van der Waals surface area contributed by atoms with Gasteiger partial charge in [0.05, 0.1) is 0 Å². The topological polar surface area (TPSA) is 15.3 Å². The van der Waals surface area contributed by atoms with E-state index in [1.165, 1.54) is 70.3 Å². The molecule has 0 unspecified atom stereocenters. The van der Waals surface area contributed by atoms with E-state index < -0.39 is 0 Å². The van der Waals surface area contributed by atoms with Gasteiger partial charge in [0.25, 0.3) is 0 Å². The number of nitrogens with one attached hydrogen (secondary N) is 1. The predicted octanol–water partition coefficient (Wildman–Crippen LogP) is 4.22. The summed E-state index contributed by atoms with van der Waals surface area (Å²) in [5.41, 5.74) is 1.95. The van der Waals surface area contributed by atoms with E-state index in [1.54, 1.807) is 0 Å². The van der Waals surface area contributed by atoms with Crippen LogP contribution in [0.2, 0.25) is 0 Å². The van der Waals surface area contributed by atoms with Crippen LogP contribution in [0.3, 0.4) is 0 Å². The quantitative estimate of drug-likeness (QED) is 0.891. The van der Waals surface area contributed by atoms with Gasteiger partial charge in [-0.05, 0) is 43.2 Å². The minimum absolute atomic E-state index is 0.564. The maximum atomic E-state index is 3.88. The van der Waals surface area contributed by atoms with Gasteiger partial charge in [0, 0.05) is 31.4 Å². The van der Waals surface area contributed by atoms with E-state index in [1.807, 2.05) is 0 Å². The van der Waals surface area contributed by atoms with Gasteiger partial charge in [-0.25, -0.2) is 0 Å². The van der Waals surface area contributed by atoms with Gasteiger partial charge in [-0.2, -0.15) is 0 Å². The summed E-state index contributed by atoms with van der Waals surface area (Å²) in [5, 5.41) is 3.88. The summed E-state index contributed by atoms with van der Waals surface area (Å²) in [4.78, 5) is 2.53. The molecule has 0 bridgehead atoms. The van der Waals surface area contributed by atoms with Crippen LogP contribution in [0.4, 0.5) is 5.69 Å². The lowest BCUT2D eigenvalue weighted by atomic mass is 9.75. The van der Waals surface area contributed by atoms with Crippen LogP contribution in [0.5, 0.6) is 0 Å². The van der Waals surface area contributed by atoms with Crippen LogP contribution >= 0.6 is 0 Å². The molecule has 0 atom stereocenters. The summed E-state index contributed by atoms with van der Waals surface area (Å²) in [6.45, 7) is 6.10. The van der Waals surface area contributed by atoms with Gasteiger partial charge in [0.1, 0.15) is 0 Å². The largest absolute Gasteiger partial charge is 0.371 e. The van der Waals surface area contributed by atoms with Crippen molar-refractivity contribution >= 4 is 5.69 Å². The maximum absolute atomic E-state index is 3.88. The molecule has 1 heterocycles. The maximum Gasteiger partial charge on any atom is 0.0366 e. The smallest absolute Gasteiger partial charge is 0.0366 e. The van der Waals surface area contributed by atoms with Crippen molar-refractivity contribution in [3.8, 4) is 0 Å². The highest BCUT2D eigenvalue weighted by Gasteiger charge is 2.28. The molecule has 1 saturated heterocycles. The molecule has 0 amide bonds. The second-order valence-corrected chi connectivity index (χ2v) is 7.35. The normalized spacial score (nSPS) is 23.2. The van der Waals surface area contributed by atoms with Crippen molar-refractivity contribution in [1.82, 2.24) is 5.32 Å². The average molecular weight is 286 g/mol. The second kappa shape index (κ2) is 6.83. The van der Waals surface area contributed by atoms with Crippen molar-refractivity contribution in [2.45, 2.75) is 57.9 Å². The molecule has 0 radical (unpaired) electrons. The molecular formula is C19H30N2. The molecule has 0 spiro atoms. The molecule has 2 fully saturated rings. The molecule has 2 aliphatic rings. The molecule has 1 aliphatic carbocycles. The van der Waals surface area contributed by atoms with E-state index in [0.717, 1.165) is 6.04 Å². The van der Waals surface area contributed by atoms with Gasteiger partial charge in [-0.3, -0.25) is 0 Å². The first-order chi connectivity index (χ1) is 10.3. The number of rotatable bonds is 4. The van der Waals surface area contributed by atoms with Crippen LogP contribution in [0.25, 0.3) is 0 Å². The Kier molecular flexibility index (Phi) is 4.84. The van der Waals surface area contributed by atoms with Gasteiger partial charge >= 0.3 is 0 Å². The number of piperidine rings is 1. The standard InChI is InChI=1S/C19H30N2/c1-19(12-6-3-7-13-19)16-20-17-10-14-21(15-11-17)18-8-4-2-5-9-18/h2,4-5,8-9,17,20H,3,6-7,10-16H2,1H3. The van der Waals surface area contributed by atoms with E-state index in [0.29, 0.717) is 5.41 Å². The second-order valence-electron chi connectivity index (χ2n) is 7.35. The van der Waals surface area contributed by atoms with Gasteiger partial charge in [-0.1, -0.05) is 44.4 Å². The Morgan fingerprint density at radius 2 is 1.71 bits per heavy atom. The summed E-state index contributed by atoms with van der Waals surface area (Å²) >= 11 is 0. The number of para-hydroxylation sites is 1. The van der Waals surface area contributed by atoms with E-state index in [4.69, 9.17) is 0 Å².